The van der Waals surface area contributed by atoms with Gasteiger partial charge in [0.05, 0.1) is 7.11 Å². The van der Waals surface area contributed by atoms with Crippen LogP contribution < -0.4 is 10.1 Å². The Balaban J connectivity index is 1.66. The predicted octanol–water partition coefficient (Wildman–Crippen LogP) is 3.62. The summed E-state index contributed by atoms with van der Waals surface area (Å²) in [5.41, 5.74) is 1.44. The molecule has 7 nitrogen and oxygen atoms in total. The lowest BCUT2D eigenvalue weighted by Crippen LogP contribution is -2.40. The lowest BCUT2D eigenvalue weighted by atomic mass is 9.74. The summed E-state index contributed by atoms with van der Waals surface area (Å²) >= 11 is 0. The molecule has 0 atom stereocenters. The molecule has 1 N–H and O–H groups in total. The molecule has 0 radical (unpaired) electrons. The van der Waals surface area contributed by atoms with Gasteiger partial charge in [-0.1, -0.05) is 12.1 Å². The van der Waals surface area contributed by atoms with Gasteiger partial charge >= 0.3 is 6.18 Å². The summed E-state index contributed by atoms with van der Waals surface area (Å²) in [4.78, 5) is 7.61. The molecule has 0 unspecified atom stereocenters. The van der Waals surface area contributed by atoms with Crippen LogP contribution >= 0.6 is 0 Å². The third-order valence-corrected chi connectivity index (χ3v) is 5.45. The van der Waals surface area contributed by atoms with E-state index in [0.29, 0.717) is 31.3 Å². The third kappa shape index (κ3) is 3.91. The molecule has 30 heavy (non-hydrogen) atoms. The van der Waals surface area contributed by atoms with Crippen molar-refractivity contribution in [1.29, 1.82) is 0 Å². The Morgan fingerprint density at radius 2 is 1.87 bits per heavy atom. The molecular weight excluding hydrogens is 399 g/mol. The lowest BCUT2D eigenvalue weighted by Gasteiger charge is -2.38. The molecule has 2 aromatic heterocycles. The van der Waals surface area contributed by atoms with Gasteiger partial charge in [-0.15, -0.1) is 5.10 Å². The average Bonchev–Trinajstić information content (AvgIpc) is 3.17. The van der Waals surface area contributed by atoms with Crippen molar-refractivity contribution in [3.05, 3.63) is 47.4 Å². The topological polar surface area (TPSA) is 73.6 Å². The fraction of sp³-hybridized carbons (Fsp3) is 0.450. The van der Waals surface area contributed by atoms with Crippen LogP contribution in [-0.4, -0.2) is 46.5 Å². The predicted molar refractivity (Wildman–Crippen MR) is 104 cm³/mol. The van der Waals surface area contributed by atoms with Gasteiger partial charge in [-0.25, -0.2) is 4.98 Å². The quantitative estimate of drug-likeness (QED) is 0.678. The second-order valence-corrected chi connectivity index (χ2v) is 7.40. The van der Waals surface area contributed by atoms with E-state index >= 15 is 0 Å². The first kappa shape index (κ1) is 20.4. The molecule has 160 valence electrons. The molecule has 1 aliphatic heterocycles. The van der Waals surface area contributed by atoms with E-state index in [4.69, 9.17) is 9.47 Å². The maximum Gasteiger partial charge on any atom is 0.453 e. The number of hydrogen-bond acceptors (Lipinski definition) is 6. The second-order valence-electron chi connectivity index (χ2n) is 7.40. The number of rotatable bonds is 5. The molecule has 0 amide bonds. The molecule has 1 aliphatic rings. The number of anilines is 1. The number of alkyl halides is 3. The Hall–Kier alpha value is -2.88. The van der Waals surface area contributed by atoms with Crippen molar-refractivity contribution in [2.75, 3.05) is 32.2 Å². The minimum atomic E-state index is -4.64. The molecular formula is C20H22F3N5O2. The Morgan fingerprint density at radius 1 is 1.17 bits per heavy atom. The van der Waals surface area contributed by atoms with Crippen LogP contribution in [0.1, 0.15) is 29.9 Å². The Morgan fingerprint density at radius 3 is 2.50 bits per heavy atom. The van der Waals surface area contributed by atoms with Crippen molar-refractivity contribution in [2.24, 2.45) is 0 Å². The van der Waals surface area contributed by atoms with Crippen LogP contribution in [0.4, 0.5) is 19.0 Å². The summed E-state index contributed by atoms with van der Waals surface area (Å²) < 4.78 is 51.1. The smallest absolute Gasteiger partial charge is 0.453 e. The highest BCUT2D eigenvalue weighted by molar-refractivity contribution is 5.46. The van der Waals surface area contributed by atoms with Gasteiger partial charge in [0, 0.05) is 36.9 Å². The molecule has 3 aromatic rings. The van der Waals surface area contributed by atoms with Crippen LogP contribution in [0.5, 0.6) is 5.75 Å². The van der Waals surface area contributed by atoms with E-state index in [1.165, 1.54) is 0 Å². The second kappa shape index (κ2) is 7.75. The molecule has 0 spiro atoms. The van der Waals surface area contributed by atoms with Crippen LogP contribution in [0.3, 0.4) is 0 Å². The van der Waals surface area contributed by atoms with E-state index in [-0.39, 0.29) is 11.2 Å². The van der Waals surface area contributed by atoms with Gasteiger partial charge in [-0.05, 0) is 37.5 Å². The maximum absolute atomic E-state index is 13.1. The fourth-order valence-electron chi connectivity index (χ4n) is 3.77. The Labute approximate surface area is 171 Å². The van der Waals surface area contributed by atoms with Gasteiger partial charge in [0.15, 0.2) is 0 Å². The zero-order valence-corrected chi connectivity index (χ0v) is 16.7. The van der Waals surface area contributed by atoms with E-state index in [2.05, 4.69) is 20.4 Å². The highest BCUT2D eigenvalue weighted by Gasteiger charge is 2.37. The van der Waals surface area contributed by atoms with Gasteiger partial charge in [-0.3, -0.25) is 0 Å². The number of aryl methyl sites for hydroxylation is 1. The number of aromatic nitrogens is 4. The first-order chi connectivity index (χ1) is 14.3. The molecule has 1 fully saturated rings. The van der Waals surface area contributed by atoms with Crippen LogP contribution in [-0.2, 0) is 16.3 Å². The average molecular weight is 421 g/mol. The van der Waals surface area contributed by atoms with Gasteiger partial charge in [0.25, 0.3) is 11.6 Å². The Bertz CT molecular complexity index is 1030. The Kier molecular flexibility index (Phi) is 5.27. The number of benzene rings is 1. The lowest BCUT2D eigenvalue weighted by molar-refractivity contribution is -0.144. The van der Waals surface area contributed by atoms with Crippen molar-refractivity contribution in [1.82, 2.24) is 19.6 Å². The number of halogens is 3. The summed E-state index contributed by atoms with van der Waals surface area (Å²) in [5, 5.41) is 6.92. The fourth-order valence-corrected chi connectivity index (χ4v) is 3.77. The first-order valence-electron chi connectivity index (χ1n) is 9.58. The summed E-state index contributed by atoms with van der Waals surface area (Å²) in [6, 6.07) is 9.54. The highest BCUT2D eigenvalue weighted by Crippen LogP contribution is 2.36. The number of nitrogens with zero attached hydrogens (tertiary/aromatic N) is 4. The van der Waals surface area contributed by atoms with Crippen molar-refractivity contribution in [2.45, 2.75) is 31.4 Å². The number of methoxy groups -OCH3 is 1. The number of fused-ring (bicyclic) bond motifs is 1. The number of hydrogen-bond donors (Lipinski definition) is 1. The van der Waals surface area contributed by atoms with Gasteiger partial charge in [0.2, 0.25) is 0 Å². The van der Waals surface area contributed by atoms with Gasteiger partial charge in [-0.2, -0.15) is 22.7 Å². The largest absolute Gasteiger partial charge is 0.497 e. The molecule has 0 saturated carbocycles. The summed E-state index contributed by atoms with van der Waals surface area (Å²) in [5.74, 6) is -0.113. The number of ether oxygens (including phenoxy) is 2. The molecule has 1 aromatic carbocycles. The SMILES string of the molecule is COc1ccc(C2(CNc3cc(C)nc4nc(C(F)(F)F)nn34)CCOCC2)cc1. The highest BCUT2D eigenvalue weighted by atomic mass is 19.4. The van der Waals surface area contributed by atoms with Crippen LogP contribution in [0.2, 0.25) is 0 Å². The van der Waals surface area contributed by atoms with Crippen molar-refractivity contribution in [3.8, 4) is 5.75 Å². The standard InChI is InChI=1S/C20H22F3N5O2/c1-13-11-16(28-18(25-13)26-17(27-28)20(21,22)23)24-12-19(7-9-30-10-8-19)14-3-5-15(29-2)6-4-14/h3-6,11,24H,7-10,12H2,1-2H3. The van der Waals surface area contributed by atoms with E-state index in [1.54, 1.807) is 20.1 Å². The maximum atomic E-state index is 13.1. The normalized spacial score (nSPS) is 16.6. The molecule has 3 heterocycles. The van der Waals surface area contributed by atoms with Gasteiger partial charge in [0.1, 0.15) is 11.6 Å². The van der Waals surface area contributed by atoms with E-state index in [0.717, 1.165) is 28.7 Å². The molecule has 1 saturated heterocycles. The summed E-state index contributed by atoms with van der Waals surface area (Å²) in [6.45, 7) is 3.43. The monoisotopic (exact) mass is 421 g/mol. The van der Waals surface area contributed by atoms with Gasteiger partial charge < -0.3 is 14.8 Å². The van der Waals surface area contributed by atoms with Crippen molar-refractivity contribution >= 4 is 11.6 Å². The molecule has 10 heteroatoms. The molecule has 0 aliphatic carbocycles. The zero-order chi connectivity index (χ0) is 21.4. The summed E-state index contributed by atoms with van der Waals surface area (Å²) in [7, 11) is 1.62. The number of nitrogens with one attached hydrogen (secondary N) is 1. The molecule has 0 bridgehead atoms. The van der Waals surface area contributed by atoms with Crippen molar-refractivity contribution in [3.63, 3.8) is 0 Å². The zero-order valence-electron chi connectivity index (χ0n) is 16.7. The van der Waals surface area contributed by atoms with Crippen LogP contribution in [0, 0.1) is 6.92 Å². The van der Waals surface area contributed by atoms with Crippen LogP contribution in [0.25, 0.3) is 5.78 Å². The molecule has 4 rings (SSSR count). The third-order valence-electron chi connectivity index (χ3n) is 5.45. The minimum Gasteiger partial charge on any atom is -0.497 e. The van der Waals surface area contributed by atoms with Crippen molar-refractivity contribution < 1.29 is 22.6 Å². The van der Waals surface area contributed by atoms with Crippen LogP contribution in [0.15, 0.2) is 30.3 Å². The first-order valence-corrected chi connectivity index (χ1v) is 9.58. The van der Waals surface area contributed by atoms with E-state index < -0.39 is 12.0 Å². The summed E-state index contributed by atoms with van der Waals surface area (Å²) in [6.07, 6.45) is -3.07. The van der Waals surface area contributed by atoms with E-state index in [1.807, 2.05) is 24.3 Å². The minimum absolute atomic E-state index is 0.0877. The van der Waals surface area contributed by atoms with E-state index in [9.17, 15) is 13.2 Å².